The average Bonchev–Trinajstić information content (AvgIpc) is 2.36. The van der Waals surface area contributed by atoms with Gasteiger partial charge in [0.05, 0.1) is 6.20 Å². The van der Waals surface area contributed by atoms with Crippen molar-refractivity contribution >= 4 is 11.7 Å². The fourth-order valence-corrected chi connectivity index (χ4v) is 0.440. The quantitative estimate of drug-likeness (QED) is 0.644. The van der Waals surface area contributed by atoms with Crippen molar-refractivity contribution in [2.75, 3.05) is 5.73 Å². The number of carboxylic acids is 1. The van der Waals surface area contributed by atoms with Gasteiger partial charge in [0.1, 0.15) is 5.69 Å². The van der Waals surface area contributed by atoms with Gasteiger partial charge in [-0.3, -0.25) is 0 Å². The highest BCUT2D eigenvalue weighted by molar-refractivity contribution is 5.73. The second-order valence-corrected chi connectivity index (χ2v) is 2.32. The number of aliphatic carboxylic acids is 1. The van der Waals surface area contributed by atoms with E-state index >= 15 is 0 Å². The number of nitrogens with zero attached hydrogens (tertiary/aromatic N) is 2. The molecule has 0 atom stereocenters. The second-order valence-electron chi connectivity index (χ2n) is 2.32. The molecule has 3 N–H and O–H groups in total. The molecular formula is C6H7F4N3O2. The topological polar surface area (TPSA) is 81.1 Å². The van der Waals surface area contributed by atoms with E-state index in [1.165, 1.54) is 13.2 Å². The van der Waals surface area contributed by atoms with E-state index in [9.17, 15) is 17.6 Å². The van der Waals surface area contributed by atoms with Gasteiger partial charge in [0, 0.05) is 7.05 Å². The van der Waals surface area contributed by atoms with E-state index in [0.717, 1.165) is 4.68 Å². The largest absolute Gasteiger partial charge is 0.490 e. The van der Waals surface area contributed by atoms with Gasteiger partial charge < -0.3 is 10.8 Å². The molecule has 0 saturated carbocycles. The van der Waals surface area contributed by atoms with Crippen LogP contribution in [0.1, 0.15) is 0 Å². The van der Waals surface area contributed by atoms with Crippen molar-refractivity contribution in [3.05, 3.63) is 12.1 Å². The minimum atomic E-state index is -5.08. The zero-order valence-electron chi connectivity index (χ0n) is 7.42. The molecule has 0 aliphatic heterocycles. The molecule has 1 aromatic heterocycles. The normalized spacial score (nSPS) is 10.5. The molecule has 0 radical (unpaired) electrons. The Bertz CT molecular complexity index is 327. The van der Waals surface area contributed by atoms with Gasteiger partial charge >= 0.3 is 12.1 Å². The van der Waals surface area contributed by atoms with E-state index in [2.05, 4.69) is 5.10 Å². The number of aryl methyl sites for hydroxylation is 1. The maximum Gasteiger partial charge on any atom is 0.490 e. The van der Waals surface area contributed by atoms with Gasteiger partial charge in [-0.05, 0) is 0 Å². The van der Waals surface area contributed by atoms with Gasteiger partial charge in [0.25, 0.3) is 0 Å². The fourth-order valence-electron chi connectivity index (χ4n) is 0.440. The van der Waals surface area contributed by atoms with Gasteiger partial charge in [0.15, 0.2) is 0 Å². The first-order valence-electron chi connectivity index (χ1n) is 3.39. The van der Waals surface area contributed by atoms with E-state index in [1.54, 1.807) is 0 Å². The fraction of sp³-hybridized carbons (Fsp3) is 0.333. The van der Waals surface area contributed by atoms with Crippen LogP contribution in [-0.2, 0) is 11.8 Å². The molecule has 0 aliphatic carbocycles. The number of rotatable bonds is 0. The summed E-state index contributed by atoms with van der Waals surface area (Å²) in [5, 5.41) is 10.7. The van der Waals surface area contributed by atoms with Crippen molar-refractivity contribution in [1.82, 2.24) is 9.78 Å². The number of aromatic nitrogens is 2. The molecule has 0 fully saturated rings. The Balaban J connectivity index is 0.000000265. The van der Waals surface area contributed by atoms with Crippen molar-refractivity contribution in [3.8, 4) is 0 Å². The first kappa shape index (κ1) is 13.2. The minimum Gasteiger partial charge on any atom is -0.475 e. The summed E-state index contributed by atoms with van der Waals surface area (Å²) in [5.74, 6) is -3.24. The SMILES string of the molecule is Cn1ncc(N)c1F.O=C(O)C(F)(F)F. The summed E-state index contributed by atoms with van der Waals surface area (Å²) in [6, 6.07) is 0. The number of anilines is 1. The number of nitrogens with two attached hydrogens (primary N) is 1. The van der Waals surface area contributed by atoms with E-state index in [-0.39, 0.29) is 5.69 Å². The molecule has 0 aromatic carbocycles. The lowest BCUT2D eigenvalue weighted by atomic mass is 10.6. The van der Waals surface area contributed by atoms with E-state index in [1.807, 2.05) is 0 Å². The molecule has 1 aromatic rings. The van der Waals surface area contributed by atoms with Crippen LogP contribution in [-0.4, -0.2) is 27.0 Å². The highest BCUT2D eigenvalue weighted by Gasteiger charge is 2.38. The first-order chi connectivity index (χ1) is 6.66. The zero-order valence-corrected chi connectivity index (χ0v) is 7.42. The molecule has 1 rings (SSSR count). The average molecular weight is 229 g/mol. The Labute approximate surface area is 81.1 Å². The molecule has 5 nitrogen and oxygen atoms in total. The molecule has 0 unspecified atom stereocenters. The summed E-state index contributed by atoms with van der Waals surface area (Å²) in [6.45, 7) is 0. The van der Waals surface area contributed by atoms with Gasteiger partial charge in [-0.1, -0.05) is 0 Å². The number of hydrogen-bond acceptors (Lipinski definition) is 3. The molecule has 0 spiro atoms. The number of carbonyl (C=O) groups is 1. The van der Waals surface area contributed by atoms with Gasteiger partial charge in [0.2, 0.25) is 5.95 Å². The molecule has 0 aliphatic rings. The molecule has 0 bridgehead atoms. The van der Waals surface area contributed by atoms with E-state index in [4.69, 9.17) is 15.6 Å². The third kappa shape index (κ3) is 4.29. The summed E-state index contributed by atoms with van der Waals surface area (Å²) >= 11 is 0. The Morgan fingerprint density at radius 1 is 1.60 bits per heavy atom. The highest BCUT2D eigenvalue weighted by Crippen LogP contribution is 2.13. The number of halogens is 4. The van der Waals surface area contributed by atoms with Crippen molar-refractivity contribution in [1.29, 1.82) is 0 Å². The van der Waals surface area contributed by atoms with Crippen molar-refractivity contribution < 1.29 is 27.5 Å². The molecule has 0 saturated heterocycles. The summed E-state index contributed by atoms with van der Waals surface area (Å²) in [4.78, 5) is 8.90. The van der Waals surface area contributed by atoms with Gasteiger partial charge in [-0.2, -0.15) is 22.7 Å². The molecule has 0 amide bonds. The molecule has 9 heteroatoms. The van der Waals surface area contributed by atoms with Crippen molar-refractivity contribution in [3.63, 3.8) is 0 Å². The summed E-state index contributed by atoms with van der Waals surface area (Å²) < 4.78 is 45.1. The number of alkyl halides is 3. The lowest BCUT2D eigenvalue weighted by Gasteiger charge is -1.93. The summed E-state index contributed by atoms with van der Waals surface area (Å²) in [5.41, 5.74) is 5.17. The Morgan fingerprint density at radius 3 is 2.07 bits per heavy atom. The Kier molecular flexibility index (Phi) is 4.07. The third-order valence-corrected chi connectivity index (χ3v) is 1.13. The number of carboxylic acid groups (broad SMARTS) is 1. The number of nitrogen functional groups attached to an aromatic ring is 1. The van der Waals surface area contributed by atoms with Gasteiger partial charge in [-0.15, -0.1) is 0 Å². The van der Waals surface area contributed by atoms with Crippen LogP contribution in [0.3, 0.4) is 0 Å². The van der Waals surface area contributed by atoms with Crippen LogP contribution >= 0.6 is 0 Å². The monoisotopic (exact) mass is 229 g/mol. The van der Waals surface area contributed by atoms with Crippen LogP contribution < -0.4 is 5.73 Å². The molecule has 86 valence electrons. The van der Waals surface area contributed by atoms with Crippen molar-refractivity contribution in [2.45, 2.75) is 6.18 Å². The predicted octanol–water partition coefficient (Wildman–Crippen LogP) is 0.775. The van der Waals surface area contributed by atoms with Crippen molar-refractivity contribution in [2.24, 2.45) is 7.05 Å². The first-order valence-corrected chi connectivity index (χ1v) is 3.39. The molecular weight excluding hydrogens is 222 g/mol. The van der Waals surface area contributed by atoms with Crippen LogP contribution in [0, 0.1) is 5.95 Å². The van der Waals surface area contributed by atoms with Crippen LogP contribution in [0.25, 0.3) is 0 Å². The summed E-state index contributed by atoms with van der Waals surface area (Å²) in [6.07, 6.45) is -3.81. The van der Waals surface area contributed by atoms with E-state index < -0.39 is 18.1 Å². The Hall–Kier alpha value is -1.80. The molecule has 15 heavy (non-hydrogen) atoms. The molecule has 1 heterocycles. The maximum atomic E-state index is 12.3. The third-order valence-electron chi connectivity index (χ3n) is 1.13. The van der Waals surface area contributed by atoms with Gasteiger partial charge in [-0.25, -0.2) is 9.48 Å². The highest BCUT2D eigenvalue weighted by atomic mass is 19.4. The smallest absolute Gasteiger partial charge is 0.475 e. The van der Waals surface area contributed by atoms with Crippen LogP contribution in [0.5, 0.6) is 0 Å². The zero-order chi connectivity index (χ0) is 12.2. The summed E-state index contributed by atoms with van der Waals surface area (Å²) in [7, 11) is 1.49. The maximum absolute atomic E-state index is 12.3. The number of hydrogen-bond donors (Lipinski definition) is 2. The van der Waals surface area contributed by atoms with E-state index in [0.29, 0.717) is 0 Å². The predicted molar refractivity (Wildman–Crippen MR) is 41.3 cm³/mol. The van der Waals surface area contributed by atoms with Crippen LogP contribution in [0.2, 0.25) is 0 Å². The second kappa shape index (κ2) is 4.62. The standard InChI is InChI=1S/C4H6FN3.C2HF3O2/c1-8-4(5)3(6)2-7-8;3-2(4,5)1(6)7/h2H,6H2,1H3;(H,6,7). The van der Waals surface area contributed by atoms with Crippen LogP contribution in [0.4, 0.5) is 23.2 Å². The Morgan fingerprint density at radius 2 is 2.00 bits per heavy atom. The lowest BCUT2D eigenvalue weighted by Crippen LogP contribution is -2.21. The lowest BCUT2D eigenvalue weighted by molar-refractivity contribution is -0.192. The van der Waals surface area contributed by atoms with Crippen LogP contribution in [0.15, 0.2) is 6.20 Å². The minimum absolute atomic E-state index is 0.0903.